The largest absolute Gasteiger partial charge is 0 e. The standard InChI is InChI=1S/C33H32GeNO.C5H8O2.Ir/c1-21(2)17-22-18-26-25-13-9-10-14-31(25)36-33(26)27(19-22)30-20-28(34(3,4)5)32-24-12-8-7-11-23(24)15-16-29(32)35(30)6;1-4(6)3-5(2)7;/h7-16,18,20-21H,6,17H2,1-5H3;3,6H,1-2H3;/q-1;;/b;4-3-;. The molecular weight excluding hydrogens is 783 g/mol. The Morgan fingerprint density at radius 2 is 1.64 bits per heavy atom. The van der Waals surface area contributed by atoms with E-state index in [9.17, 15) is 4.79 Å². The van der Waals surface area contributed by atoms with Crippen molar-refractivity contribution in [3.8, 4) is 11.3 Å². The van der Waals surface area contributed by atoms with Gasteiger partial charge in [-0.25, -0.2) is 0 Å². The Hall–Kier alpha value is -3.38. The van der Waals surface area contributed by atoms with Crippen LogP contribution in [0.5, 0.6) is 0 Å². The molecule has 229 valence electrons. The van der Waals surface area contributed by atoms with Gasteiger partial charge in [0.2, 0.25) is 0 Å². The quantitative estimate of drug-likeness (QED) is 0.0472. The van der Waals surface area contributed by atoms with Gasteiger partial charge >= 0.3 is 216 Å². The number of hydrogen-bond acceptors (Lipinski definition) is 3. The summed E-state index contributed by atoms with van der Waals surface area (Å²) in [4.78, 5) is 10.0. The molecule has 2 aromatic heterocycles. The number of pyridine rings is 1. The molecule has 6 rings (SSSR count). The molecule has 1 N–H and O–H groups in total. The normalized spacial score (nSPS) is 12.0. The first-order valence-corrected chi connectivity index (χ1v) is 22.2. The molecule has 0 bridgehead atoms. The summed E-state index contributed by atoms with van der Waals surface area (Å²) in [6, 6.07) is 30.0. The van der Waals surface area contributed by atoms with Crippen LogP contribution in [0, 0.1) is 19.0 Å². The van der Waals surface area contributed by atoms with Crippen molar-refractivity contribution < 1.29 is 39.0 Å². The summed E-state index contributed by atoms with van der Waals surface area (Å²) in [5.41, 5.74) is 6.28. The molecule has 1 radical (unpaired) electrons. The minimum atomic E-state index is -2.31. The van der Waals surface area contributed by atoms with E-state index in [4.69, 9.17) is 9.52 Å². The SMILES string of the molecule is CC(=O)/C=C(/C)O.[CH2-][n+]1c(-c2[c-]c(CC(C)C)cc3c2oc2ccccc23)c[c]([Ge]([CH3])([CH3])[CH3])c2c3ccccc3ccc21.[Ir]. The number of fused-ring (bicyclic) bond motifs is 6. The van der Waals surface area contributed by atoms with Crippen molar-refractivity contribution in [2.45, 2.75) is 51.4 Å². The van der Waals surface area contributed by atoms with E-state index >= 15 is 0 Å². The number of ketones is 1. The van der Waals surface area contributed by atoms with Crippen LogP contribution in [-0.2, 0) is 31.3 Å². The molecule has 0 atom stereocenters. The van der Waals surface area contributed by atoms with Gasteiger partial charge in [0.15, 0.2) is 5.78 Å². The third kappa shape index (κ3) is 6.81. The van der Waals surface area contributed by atoms with E-state index in [2.05, 4.69) is 116 Å². The number of para-hydroxylation sites is 1. The average molecular weight is 824 g/mol. The van der Waals surface area contributed by atoms with Crippen LogP contribution >= 0.6 is 0 Å². The van der Waals surface area contributed by atoms with Gasteiger partial charge in [0.1, 0.15) is 0 Å². The van der Waals surface area contributed by atoms with E-state index in [1.54, 1.807) is 0 Å². The number of benzene rings is 4. The monoisotopic (exact) mass is 825 g/mol. The van der Waals surface area contributed by atoms with Gasteiger partial charge in [-0.15, -0.1) is 0 Å². The zero-order valence-electron chi connectivity index (χ0n) is 26.5. The molecule has 0 spiro atoms. The minimum absolute atomic E-state index is 0. The number of rotatable bonds is 5. The van der Waals surface area contributed by atoms with Gasteiger partial charge in [0, 0.05) is 26.2 Å². The van der Waals surface area contributed by atoms with E-state index in [-0.39, 0.29) is 31.6 Å². The van der Waals surface area contributed by atoms with E-state index in [0.717, 1.165) is 45.1 Å². The van der Waals surface area contributed by atoms with Crippen LogP contribution < -0.4 is 8.96 Å². The van der Waals surface area contributed by atoms with Gasteiger partial charge in [-0.1, -0.05) is 0 Å². The molecule has 6 aromatic rings. The molecule has 0 saturated heterocycles. The van der Waals surface area contributed by atoms with E-state index in [0.29, 0.717) is 5.92 Å². The summed E-state index contributed by atoms with van der Waals surface area (Å²) in [5, 5.41) is 14.6. The Bertz CT molecular complexity index is 2030. The predicted octanol–water partition coefficient (Wildman–Crippen LogP) is 9.07. The number of carbonyl (C=O) groups excluding carboxylic acids is 1. The number of nitrogens with zero attached hydrogens (tertiary/aromatic N) is 1. The molecule has 44 heavy (non-hydrogen) atoms. The Labute approximate surface area is 276 Å². The summed E-state index contributed by atoms with van der Waals surface area (Å²) in [6.07, 6.45) is 2.14. The summed E-state index contributed by atoms with van der Waals surface area (Å²) >= 11 is -2.31. The second-order valence-electron chi connectivity index (χ2n) is 12.8. The number of aliphatic hydroxyl groups is 1. The molecule has 2 heterocycles. The molecule has 4 nitrogen and oxygen atoms in total. The van der Waals surface area contributed by atoms with E-state index in [1.165, 1.54) is 46.0 Å². The Morgan fingerprint density at radius 1 is 0.977 bits per heavy atom. The summed E-state index contributed by atoms with van der Waals surface area (Å²) in [7, 11) is 4.58. The fourth-order valence-corrected chi connectivity index (χ4v) is 9.15. The van der Waals surface area contributed by atoms with Gasteiger partial charge < -0.3 is 5.11 Å². The molecule has 0 fully saturated rings. The van der Waals surface area contributed by atoms with Crippen molar-refractivity contribution in [2.75, 3.05) is 0 Å². The van der Waals surface area contributed by atoms with Crippen molar-refractivity contribution >= 4 is 67.1 Å². The molecule has 4 aromatic carbocycles. The molecule has 0 unspecified atom stereocenters. The Balaban J connectivity index is 0.000000497. The van der Waals surface area contributed by atoms with Crippen molar-refractivity contribution in [3.63, 3.8) is 0 Å². The van der Waals surface area contributed by atoms with Crippen LogP contribution in [0.15, 0.2) is 89.0 Å². The van der Waals surface area contributed by atoms with Crippen LogP contribution in [0.1, 0.15) is 33.3 Å². The smallest absolute Gasteiger partial charge is 0 e. The number of allylic oxidation sites excluding steroid dienone is 2. The summed E-state index contributed by atoms with van der Waals surface area (Å²) < 4.78 is 10.1. The van der Waals surface area contributed by atoms with Gasteiger partial charge in [-0.3, -0.25) is 4.79 Å². The van der Waals surface area contributed by atoms with Crippen molar-refractivity contribution in [1.82, 2.24) is 0 Å². The van der Waals surface area contributed by atoms with Gasteiger partial charge in [0.05, 0.1) is 5.76 Å². The fraction of sp³-hybridized carbons (Fsp3) is 0.237. The maximum atomic E-state index is 10.0. The van der Waals surface area contributed by atoms with Crippen LogP contribution in [0.2, 0.25) is 17.3 Å². The number of carbonyl (C=O) groups is 1. The topological polar surface area (TPSA) is 54.3 Å². The second kappa shape index (κ2) is 13.3. The summed E-state index contributed by atoms with van der Waals surface area (Å²) in [5.74, 6) is 7.91. The Morgan fingerprint density at radius 3 is 2.25 bits per heavy atom. The van der Waals surface area contributed by atoms with Crippen LogP contribution in [0.25, 0.3) is 54.9 Å². The first kappa shape index (κ1) is 33.5. The van der Waals surface area contributed by atoms with Crippen molar-refractivity contribution in [1.29, 1.82) is 0 Å². The zero-order chi connectivity index (χ0) is 31.1. The minimum Gasteiger partial charge on any atom is 0 e. The maximum absolute atomic E-state index is 10.0. The first-order valence-electron chi connectivity index (χ1n) is 14.8. The molecule has 0 aliphatic carbocycles. The third-order valence-corrected chi connectivity index (χ3v) is 11.8. The average Bonchev–Trinajstić information content (AvgIpc) is 3.30. The first-order chi connectivity index (χ1) is 20.3. The van der Waals surface area contributed by atoms with Crippen molar-refractivity contribution in [3.05, 3.63) is 103 Å². The fourth-order valence-electron chi connectivity index (χ4n) is 5.83. The molecule has 0 aliphatic heterocycles. The molecule has 0 aliphatic rings. The van der Waals surface area contributed by atoms with Crippen LogP contribution in [0.4, 0.5) is 0 Å². The molecule has 0 saturated carbocycles. The zero-order valence-corrected chi connectivity index (χ0v) is 31.0. The van der Waals surface area contributed by atoms with Gasteiger partial charge in [-0.2, -0.15) is 0 Å². The van der Waals surface area contributed by atoms with E-state index in [1.807, 2.05) is 6.07 Å². The number of aliphatic hydroxyl groups excluding tert-OH is 1. The van der Waals surface area contributed by atoms with Crippen LogP contribution in [0.3, 0.4) is 0 Å². The summed E-state index contributed by atoms with van der Waals surface area (Å²) in [6.45, 7) is 7.37. The van der Waals surface area contributed by atoms with Crippen molar-refractivity contribution in [2.24, 2.45) is 5.92 Å². The number of hydrogen-bond donors (Lipinski definition) is 1. The number of aromatic nitrogens is 1. The molecular formula is C38H40GeIrNO3-. The van der Waals surface area contributed by atoms with E-state index < -0.39 is 13.3 Å². The maximum Gasteiger partial charge on any atom is 0 e. The van der Waals surface area contributed by atoms with Gasteiger partial charge in [0.25, 0.3) is 0 Å². The Kier molecular flexibility index (Phi) is 10.1. The third-order valence-electron chi connectivity index (χ3n) is 7.61. The predicted molar refractivity (Wildman–Crippen MR) is 183 cm³/mol. The molecule has 0 amide bonds. The number of furan rings is 1. The van der Waals surface area contributed by atoms with Crippen LogP contribution in [-0.4, -0.2) is 24.2 Å². The van der Waals surface area contributed by atoms with Gasteiger partial charge in [-0.05, 0) is 13.8 Å². The molecule has 6 heteroatoms. The second-order valence-corrected chi connectivity index (χ2v) is 23.4.